The molecule has 0 spiro atoms. The second-order valence-electron chi connectivity index (χ2n) is 4.82. The van der Waals surface area contributed by atoms with Gasteiger partial charge in [-0.15, -0.1) is 0 Å². The van der Waals surface area contributed by atoms with Crippen LogP contribution in [0, 0.1) is 0 Å². The number of aromatic nitrogens is 1. The zero-order valence-corrected chi connectivity index (χ0v) is 12.2. The summed E-state index contributed by atoms with van der Waals surface area (Å²) in [6.45, 7) is 0. The summed E-state index contributed by atoms with van der Waals surface area (Å²) in [4.78, 5) is 3.59. The molecule has 0 saturated heterocycles. The molecule has 0 aliphatic heterocycles. The van der Waals surface area contributed by atoms with Crippen molar-refractivity contribution in [2.45, 2.75) is 11.3 Å². The van der Waals surface area contributed by atoms with Gasteiger partial charge in [0.25, 0.3) is 0 Å². The Morgan fingerprint density at radius 1 is 0.952 bits per heavy atom. The Balaban J connectivity index is 1.78. The largest absolute Gasteiger partial charge is 0.358 e. The lowest BCUT2D eigenvalue weighted by Gasteiger charge is -1.97. The number of allylic oxidation sites excluding steroid dienone is 1. The van der Waals surface area contributed by atoms with E-state index in [9.17, 15) is 8.42 Å². The molecule has 0 fully saturated rings. The van der Waals surface area contributed by atoms with E-state index in [-0.39, 0.29) is 0 Å². The molecular weight excluding hydrogens is 282 g/mol. The summed E-state index contributed by atoms with van der Waals surface area (Å²) >= 11 is 0. The first-order valence-corrected chi connectivity index (χ1v) is 8.23. The predicted octanol–water partition coefficient (Wildman–Crippen LogP) is 3.70. The lowest BCUT2D eigenvalue weighted by molar-refractivity contribution is 0.604. The number of hydrogen-bond acceptors (Lipinski definition) is 2. The molecule has 0 saturated carbocycles. The van der Waals surface area contributed by atoms with Crippen LogP contribution in [0.4, 0.5) is 0 Å². The van der Waals surface area contributed by atoms with E-state index >= 15 is 0 Å². The van der Waals surface area contributed by atoms with Crippen LogP contribution in [0.25, 0.3) is 10.9 Å². The van der Waals surface area contributed by atoms with Gasteiger partial charge >= 0.3 is 0 Å². The summed E-state index contributed by atoms with van der Waals surface area (Å²) in [6, 6.07) is 18.5. The Hall–Kier alpha value is -2.33. The van der Waals surface area contributed by atoms with Gasteiger partial charge in [-0.2, -0.15) is 0 Å². The highest BCUT2D eigenvalue weighted by Gasteiger charge is 2.08. The normalized spacial score (nSPS) is 12.2. The molecule has 106 valence electrons. The van der Waals surface area contributed by atoms with Gasteiger partial charge in [-0.1, -0.05) is 42.5 Å². The third-order valence-corrected chi connectivity index (χ3v) is 4.75. The van der Waals surface area contributed by atoms with Gasteiger partial charge < -0.3 is 4.98 Å². The molecule has 0 bridgehead atoms. The summed E-state index contributed by atoms with van der Waals surface area (Å²) in [5.41, 5.74) is 2.06. The van der Waals surface area contributed by atoms with Crippen LogP contribution in [0.3, 0.4) is 0 Å². The van der Waals surface area contributed by atoms with Gasteiger partial charge in [0, 0.05) is 23.0 Å². The maximum Gasteiger partial charge on any atom is 0.199 e. The fraction of sp³-hybridized carbons (Fsp3) is 0.0588. The monoisotopic (exact) mass is 297 g/mol. The molecule has 1 N–H and O–H groups in total. The van der Waals surface area contributed by atoms with E-state index in [1.807, 2.05) is 30.3 Å². The van der Waals surface area contributed by atoms with Gasteiger partial charge in [-0.25, -0.2) is 8.42 Å². The molecule has 0 aliphatic carbocycles. The standard InChI is InChI=1S/C17H15NO2S/c19-21(20,16-9-2-1-3-10-16)12-6-8-15-13-14-7-4-5-11-17(14)18-15/h1-7,9-13,18H,8H2. The smallest absolute Gasteiger partial charge is 0.199 e. The van der Waals surface area contributed by atoms with Crippen LogP contribution in [0.2, 0.25) is 0 Å². The molecule has 0 unspecified atom stereocenters. The first kappa shape index (κ1) is 13.6. The van der Waals surface area contributed by atoms with Crippen molar-refractivity contribution in [1.29, 1.82) is 0 Å². The summed E-state index contributed by atoms with van der Waals surface area (Å²) in [5, 5.41) is 2.40. The number of fused-ring (bicyclic) bond motifs is 1. The molecule has 1 aromatic heterocycles. The van der Waals surface area contributed by atoms with Gasteiger partial charge in [-0.3, -0.25) is 0 Å². The molecular formula is C17H15NO2S. The van der Waals surface area contributed by atoms with E-state index in [0.717, 1.165) is 16.6 Å². The number of nitrogens with one attached hydrogen (secondary N) is 1. The van der Waals surface area contributed by atoms with Crippen molar-refractivity contribution >= 4 is 20.7 Å². The molecule has 0 radical (unpaired) electrons. The molecule has 4 heteroatoms. The molecule has 1 heterocycles. The summed E-state index contributed by atoms with van der Waals surface area (Å²) in [5.74, 6) is 0. The van der Waals surface area contributed by atoms with Crippen molar-refractivity contribution < 1.29 is 8.42 Å². The van der Waals surface area contributed by atoms with Crippen LogP contribution in [-0.4, -0.2) is 13.4 Å². The highest BCUT2D eigenvalue weighted by Crippen LogP contribution is 2.16. The first-order valence-electron chi connectivity index (χ1n) is 6.68. The van der Waals surface area contributed by atoms with E-state index in [1.54, 1.807) is 36.4 Å². The lowest BCUT2D eigenvalue weighted by atomic mass is 10.2. The van der Waals surface area contributed by atoms with Crippen LogP contribution >= 0.6 is 0 Å². The minimum Gasteiger partial charge on any atom is -0.358 e. The average molecular weight is 297 g/mol. The third-order valence-electron chi connectivity index (χ3n) is 3.27. The average Bonchev–Trinajstić information content (AvgIpc) is 2.90. The molecule has 0 aliphatic rings. The summed E-state index contributed by atoms with van der Waals surface area (Å²) in [7, 11) is -3.35. The van der Waals surface area contributed by atoms with Crippen LogP contribution in [0.1, 0.15) is 5.69 Å². The van der Waals surface area contributed by atoms with Crippen LogP contribution in [0.15, 0.2) is 77.0 Å². The lowest BCUT2D eigenvalue weighted by Crippen LogP contribution is -1.95. The molecule has 21 heavy (non-hydrogen) atoms. The SMILES string of the molecule is O=S(=O)(C=CCc1cc2ccccc2[nH]1)c1ccccc1. The number of sulfone groups is 1. The molecule has 0 amide bonds. The maximum absolute atomic E-state index is 12.1. The Kier molecular flexibility index (Phi) is 3.62. The Labute approximate surface area is 123 Å². The highest BCUT2D eigenvalue weighted by atomic mass is 32.2. The van der Waals surface area contributed by atoms with Gasteiger partial charge in [0.2, 0.25) is 0 Å². The number of hydrogen-bond donors (Lipinski definition) is 1. The van der Waals surface area contributed by atoms with Crippen molar-refractivity contribution in [2.24, 2.45) is 0 Å². The topological polar surface area (TPSA) is 49.9 Å². The Morgan fingerprint density at radius 2 is 1.67 bits per heavy atom. The molecule has 3 rings (SSSR count). The van der Waals surface area contributed by atoms with Crippen LogP contribution < -0.4 is 0 Å². The van der Waals surface area contributed by atoms with Gasteiger partial charge in [0.05, 0.1) is 4.90 Å². The molecule has 3 nitrogen and oxygen atoms in total. The maximum atomic E-state index is 12.1. The van der Waals surface area contributed by atoms with Crippen LogP contribution in [0.5, 0.6) is 0 Å². The number of para-hydroxylation sites is 1. The van der Waals surface area contributed by atoms with E-state index in [2.05, 4.69) is 4.98 Å². The van der Waals surface area contributed by atoms with E-state index in [1.165, 1.54) is 5.41 Å². The van der Waals surface area contributed by atoms with Crippen molar-refractivity contribution in [2.75, 3.05) is 0 Å². The second kappa shape index (κ2) is 5.58. The number of rotatable bonds is 4. The summed E-state index contributed by atoms with van der Waals surface area (Å²) < 4.78 is 24.2. The fourth-order valence-corrected chi connectivity index (χ4v) is 3.28. The Morgan fingerprint density at radius 3 is 2.43 bits per heavy atom. The van der Waals surface area contributed by atoms with Gasteiger partial charge in [0.15, 0.2) is 9.84 Å². The van der Waals surface area contributed by atoms with Crippen LogP contribution in [-0.2, 0) is 16.3 Å². The minimum atomic E-state index is -3.35. The van der Waals surface area contributed by atoms with Crippen molar-refractivity contribution in [3.8, 4) is 0 Å². The van der Waals surface area contributed by atoms with Crippen molar-refractivity contribution in [1.82, 2.24) is 4.98 Å². The second-order valence-corrected chi connectivity index (χ2v) is 6.65. The predicted molar refractivity (Wildman–Crippen MR) is 84.8 cm³/mol. The van der Waals surface area contributed by atoms with Crippen molar-refractivity contribution in [3.63, 3.8) is 0 Å². The zero-order valence-electron chi connectivity index (χ0n) is 11.4. The zero-order chi connectivity index (χ0) is 14.7. The molecule has 0 atom stereocenters. The van der Waals surface area contributed by atoms with Gasteiger partial charge in [0.1, 0.15) is 0 Å². The van der Waals surface area contributed by atoms with E-state index in [0.29, 0.717) is 11.3 Å². The third kappa shape index (κ3) is 3.06. The molecule has 2 aromatic carbocycles. The first-order chi connectivity index (χ1) is 10.1. The minimum absolute atomic E-state index is 0.317. The quantitative estimate of drug-likeness (QED) is 0.798. The summed E-state index contributed by atoms with van der Waals surface area (Å²) in [6.07, 6.45) is 2.23. The van der Waals surface area contributed by atoms with E-state index < -0.39 is 9.84 Å². The number of H-pyrrole nitrogens is 1. The Bertz CT molecular complexity index is 844. The number of benzene rings is 2. The molecule has 3 aromatic rings. The number of aromatic amines is 1. The van der Waals surface area contributed by atoms with E-state index in [4.69, 9.17) is 0 Å². The fourth-order valence-electron chi connectivity index (χ4n) is 2.23. The highest BCUT2D eigenvalue weighted by molar-refractivity contribution is 7.94. The van der Waals surface area contributed by atoms with Crippen molar-refractivity contribution in [3.05, 3.63) is 77.8 Å². The van der Waals surface area contributed by atoms with Gasteiger partial charge in [-0.05, 0) is 29.7 Å².